The van der Waals surface area contributed by atoms with E-state index in [1.807, 2.05) is 0 Å². The van der Waals surface area contributed by atoms with Crippen molar-refractivity contribution in [3.05, 3.63) is 12.2 Å². The Hall–Kier alpha value is -1.56. The molecular weight excluding hydrogens is 340 g/mol. The van der Waals surface area contributed by atoms with Crippen LogP contribution in [0.15, 0.2) is 12.2 Å². The zero-order valence-corrected chi connectivity index (χ0v) is 13.3. The van der Waals surface area contributed by atoms with E-state index in [0.717, 1.165) is 19.3 Å². The molecule has 0 aromatic heterocycles. The first kappa shape index (κ1) is 21.4. The molecule has 9 heteroatoms. The summed E-state index contributed by atoms with van der Waals surface area (Å²) >= 11 is 0. The van der Waals surface area contributed by atoms with E-state index in [-0.39, 0.29) is 12.8 Å². The second kappa shape index (κ2) is 8.91. The Morgan fingerprint density at radius 1 is 1.22 bits per heavy atom. The minimum atomic E-state index is -4.61. The van der Waals surface area contributed by atoms with E-state index in [0.29, 0.717) is 0 Å². The monoisotopic (exact) mass is 358 g/mol. The highest BCUT2D eigenvalue weighted by Gasteiger charge is 2.51. The number of hydrogen-bond donors (Lipinski definition) is 0. The number of halogens is 4. The van der Waals surface area contributed by atoms with Crippen molar-refractivity contribution >= 4 is 15.8 Å². The van der Waals surface area contributed by atoms with Crippen LogP contribution in [0.5, 0.6) is 0 Å². The summed E-state index contributed by atoms with van der Waals surface area (Å²) in [5.41, 5.74) is 0. The quantitative estimate of drug-likeness (QED) is 0.209. The van der Waals surface area contributed by atoms with E-state index in [9.17, 15) is 30.8 Å². The average Bonchev–Trinajstić information content (AvgIpc) is 2.44. The van der Waals surface area contributed by atoms with Crippen molar-refractivity contribution in [1.82, 2.24) is 0 Å². The lowest BCUT2D eigenvalue weighted by Gasteiger charge is -2.21. The molecule has 0 fully saturated rings. The lowest BCUT2D eigenvalue weighted by molar-refractivity contribution is -0.149. The molecule has 0 amide bonds. The van der Waals surface area contributed by atoms with E-state index in [4.69, 9.17) is 6.42 Å². The predicted octanol–water partition coefficient (Wildman–Crippen LogP) is 2.94. The number of hydrogen-bond acceptors (Lipinski definition) is 4. The van der Waals surface area contributed by atoms with Gasteiger partial charge in [-0.25, -0.2) is 17.6 Å². The van der Waals surface area contributed by atoms with Gasteiger partial charge in [-0.3, -0.25) is 0 Å². The molecule has 0 N–H and O–H groups in total. The van der Waals surface area contributed by atoms with Crippen molar-refractivity contribution in [2.75, 3.05) is 12.9 Å². The summed E-state index contributed by atoms with van der Waals surface area (Å²) in [6, 6.07) is 0. The van der Waals surface area contributed by atoms with Gasteiger partial charge >= 0.3 is 17.1 Å². The second-order valence-electron chi connectivity index (χ2n) is 4.68. The summed E-state index contributed by atoms with van der Waals surface area (Å²) in [5, 5.41) is -3.27. The van der Waals surface area contributed by atoms with Gasteiger partial charge in [0.1, 0.15) is 0 Å². The lowest BCUT2D eigenvalue weighted by atomic mass is 10.1. The summed E-state index contributed by atoms with van der Waals surface area (Å²) in [4.78, 5) is 11.5. The van der Waals surface area contributed by atoms with Crippen molar-refractivity contribution in [2.24, 2.45) is 0 Å². The average molecular weight is 358 g/mol. The van der Waals surface area contributed by atoms with Crippen molar-refractivity contribution in [1.29, 1.82) is 0 Å². The summed E-state index contributed by atoms with van der Waals surface area (Å²) in [7, 11) is -3.77. The number of sulfone groups is 1. The van der Waals surface area contributed by atoms with Gasteiger partial charge in [-0.1, -0.05) is 12.2 Å². The molecule has 0 heterocycles. The van der Waals surface area contributed by atoms with Gasteiger partial charge in [0.2, 0.25) is 0 Å². The highest BCUT2D eigenvalue weighted by Crippen LogP contribution is 2.29. The fraction of sp³-hybridized carbons (Fsp3) is 0.643. The van der Waals surface area contributed by atoms with E-state index >= 15 is 0 Å². The van der Waals surface area contributed by atoms with Crippen molar-refractivity contribution in [2.45, 2.75) is 43.3 Å². The first-order valence-electron chi connectivity index (χ1n) is 6.65. The van der Waals surface area contributed by atoms with Gasteiger partial charge in [0.15, 0.2) is 9.84 Å². The Balaban J connectivity index is 4.97. The van der Waals surface area contributed by atoms with Crippen LogP contribution in [0.25, 0.3) is 0 Å². The highest BCUT2D eigenvalue weighted by atomic mass is 32.2. The highest BCUT2D eigenvalue weighted by molar-refractivity contribution is 7.93. The third-order valence-corrected chi connectivity index (χ3v) is 4.87. The molecule has 132 valence electrons. The molecule has 0 aliphatic rings. The van der Waals surface area contributed by atoms with E-state index in [2.05, 4.69) is 10.7 Å². The Labute approximate surface area is 132 Å². The summed E-state index contributed by atoms with van der Waals surface area (Å²) in [5.74, 6) is -0.293. The number of carbonyl (C=O) groups is 1. The number of terminal acetylenes is 1. The van der Waals surface area contributed by atoms with Gasteiger partial charge in [-0.15, -0.1) is 12.3 Å². The molecule has 4 nitrogen and oxygen atoms in total. The van der Waals surface area contributed by atoms with Crippen LogP contribution in [-0.4, -0.2) is 38.4 Å². The number of ether oxygens (including phenoxy) is 1. The number of esters is 1. The molecule has 0 aliphatic heterocycles. The Morgan fingerprint density at radius 2 is 1.83 bits per heavy atom. The maximum Gasteiger partial charge on any atom is 0.389 e. The largest absolute Gasteiger partial charge is 0.466 e. The minimum Gasteiger partial charge on any atom is -0.466 e. The van der Waals surface area contributed by atoms with Gasteiger partial charge in [0, 0.05) is 19.3 Å². The standard InChI is InChI=1S/C14H18F4O4S/c1-3-4-6-9-13(15,12(19)22-2)23(20,21)11-8-5-7-10-14(16,17)18/h1,5,8H,4,6-7,9-11H2,2H3. The van der Waals surface area contributed by atoms with Gasteiger partial charge in [0.25, 0.3) is 0 Å². The van der Waals surface area contributed by atoms with Crippen LogP contribution in [-0.2, 0) is 19.4 Å². The van der Waals surface area contributed by atoms with Gasteiger partial charge in [-0.05, 0) is 12.8 Å². The number of alkyl halides is 4. The van der Waals surface area contributed by atoms with Crippen molar-refractivity contribution in [3.63, 3.8) is 0 Å². The molecule has 0 radical (unpaired) electrons. The van der Waals surface area contributed by atoms with E-state index in [1.54, 1.807) is 0 Å². The number of carbonyl (C=O) groups excluding carboxylic acids is 1. The molecule has 0 rings (SSSR count). The van der Waals surface area contributed by atoms with Crippen LogP contribution >= 0.6 is 0 Å². The zero-order chi connectivity index (χ0) is 18.1. The van der Waals surface area contributed by atoms with Gasteiger partial charge in [-0.2, -0.15) is 13.2 Å². The summed E-state index contributed by atoms with van der Waals surface area (Å²) in [6.45, 7) is 0. The minimum absolute atomic E-state index is 0.0564. The molecule has 0 aliphatic carbocycles. The number of methoxy groups -OCH3 is 1. The maximum absolute atomic E-state index is 14.6. The summed E-state index contributed by atoms with van der Waals surface area (Å²) in [6.07, 6.45) is 0.257. The summed E-state index contributed by atoms with van der Waals surface area (Å²) < 4.78 is 78.7. The number of rotatable bonds is 9. The van der Waals surface area contributed by atoms with Crippen LogP contribution in [0.2, 0.25) is 0 Å². The molecule has 1 unspecified atom stereocenters. The van der Waals surface area contributed by atoms with Crippen LogP contribution < -0.4 is 0 Å². The second-order valence-corrected chi connectivity index (χ2v) is 6.89. The Morgan fingerprint density at radius 3 is 2.30 bits per heavy atom. The smallest absolute Gasteiger partial charge is 0.389 e. The Bertz CT molecular complexity index is 560. The van der Waals surface area contributed by atoms with Crippen LogP contribution in [0.1, 0.15) is 32.1 Å². The van der Waals surface area contributed by atoms with E-state index < -0.39 is 52.0 Å². The van der Waals surface area contributed by atoms with Crippen LogP contribution in [0, 0.1) is 12.3 Å². The SMILES string of the molecule is C#CCCCC(F)(C(=O)OC)S(=O)(=O)CC=CCCC(F)(F)F. The molecule has 0 saturated carbocycles. The fourth-order valence-electron chi connectivity index (χ4n) is 1.65. The predicted molar refractivity (Wildman–Crippen MR) is 76.8 cm³/mol. The Kier molecular flexibility index (Phi) is 8.31. The molecule has 23 heavy (non-hydrogen) atoms. The first-order chi connectivity index (χ1) is 10.5. The van der Waals surface area contributed by atoms with Crippen LogP contribution in [0.3, 0.4) is 0 Å². The van der Waals surface area contributed by atoms with Crippen molar-refractivity contribution in [3.8, 4) is 12.3 Å². The molecule has 1 atom stereocenters. The molecule has 0 saturated heterocycles. The normalized spacial score (nSPS) is 15.1. The maximum atomic E-state index is 14.6. The first-order valence-corrected chi connectivity index (χ1v) is 8.30. The van der Waals surface area contributed by atoms with Crippen LogP contribution in [0.4, 0.5) is 17.6 Å². The number of unbranched alkanes of at least 4 members (excludes halogenated alkanes) is 1. The third kappa shape index (κ3) is 7.03. The molecule has 0 bridgehead atoms. The molecule has 0 aromatic carbocycles. The van der Waals surface area contributed by atoms with Gasteiger partial charge in [0.05, 0.1) is 12.9 Å². The number of allylic oxidation sites excluding steroid dienone is 1. The fourth-order valence-corrected chi connectivity index (χ4v) is 3.09. The lowest BCUT2D eigenvalue weighted by Crippen LogP contribution is -2.44. The third-order valence-electron chi connectivity index (χ3n) is 2.88. The zero-order valence-electron chi connectivity index (χ0n) is 12.5. The van der Waals surface area contributed by atoms with Gasteiger partial charge < -0.3 is 4.74 Å². The van der Waals surface area contributed by atoms with Crippen molar-refractivity contribution < 1.29 is 35.5 Å². The topological polar surface area (TPSA) is 60.4 Å². The molecule has 0 spiro atoms. The molecule has 0 aromatic rings. The van der Waals surface area contributed by atoms with E-state index in [1.165, 1.54) is 0 Å². The molecular formula is C14H18F4O4S.